The molecule has 0 fully saturated rings. The molecule has 3 nitrogen and oxygen atoms in total. The zero-order valence-corrected chi connectivity index (χ0v) is 11.1. The molecule has 0 spiro atoms. The van der Waals surface area contributed by atoms with Gasteiger partial charge in [0.15, 0.2) is 0 Å². The highest BCUT2D eigenvalue weighted by Crippen LogP contribution is 2.25. The Balaban J connectivity index is 2.24. The molecule has 0 saturated carbocycles. The van der Waals surface area contributed by atoms with Crippen molar-refractivity contribution in [3.63, 3.8) is 0 Å². The van der Waals surface area contributed by atoms with E-state index in [1.54, 1.807) is 18.2 Å². The molecule has 2 rings (SSSR count). The Hall–Kier alpha value is -1.58. The predicted octanol–water partition coefficient (Wildman–Crippen LogP) is 3.95. The van der Waals surface area contributed by atoms with Crippen LogP contribution in [-0.2, 0) is 0 Å². The summed E-state index contributed by atoms with van der Waals surface area (Å²) >= 11 is 11.7. The molecule has 1 N–H and O–H groups in total. The number of benzene rings is 1. The molecule has 0 atom stereocenters. The van der Waals surface area contributed by atoms with Crippen molar-refractivity contribution in [3.05, 3.63) is 57.8 Å². The van der Waals surface area contributed by atoms with Crippen LogP contribution in [0.5, 0.6) is 0 Å². The molecule has 0 saturated heterocycles. The van der Waals surface area contributed by atoms with Gasteiger partial charge in [0.1, 0.15) is 5.15 Å². The predicted molar refractivity (Wildman–Crippen MR) is 73.4 cm³/mol. The van der Waals surface area contributed by atoms with Crippen LogP contribution < -0.4 is 5.32 Å². The maximum absolute atomic E-state index is 12.0. The lowest BCUT2D eigenvalue weighted by molar-refractivity contribution is 0.102. The van der Waals surface area contributed by atoms with Gasteiger partial charge >= 0.3 is 0 Å². The van der Waals surface area contributed by atoms with Gasteiger partial charge in [0.05, 0.1) is 16.3 Å². The highest BCUT2D eigenvalue weighted by molar-refractivity contribution is 6.34. The number of pyridine rings is 1. The SMILES string of the molecule is Cc1cccc(Cl)c1NC(=O)c1ccc(Cl)nc1. The molecule has 0 aliphatic heterocycles. The topological polar surface area (TPSA) is 42.0 Å². The number of rotatable bonds is 2. The van der Waals surface area contributed by atoms with Crippen molar-refractivity contribution in [1.29, 1.82) is 0 Å². The molecule has 0 bridgehead atoms. The molecular formula is C13H10Cl2N2O. The molecule has 1 amide bonds. The van der Waals surface area contributed by atoms with E-state index < -0.39 is 0 Å². The summed E-state index contributed by atoms with van der Waals surface area (Å²) in [5.74, 6) is -0.268. The highest BCUT2D eigenvalue weighted by atomic mass is 35.5. The summed E-state index contributed by atoms with van der Waals surface area (Å²) < 4.78 is 0. The number of nitrogens with zero attached hydrogens (tertiary/aromatic N) is 1. The standard InChI is InChI=1S/C13H10Cl2N2O/c1-8-3-2-4-10(14)12(8)17-13(18)9-5-6-11(15)16-7-9/h2-7H,1H3,(H,17,18). The summed E-state index contributed by atoms with van der Waals surface area (Å²) in [7, 11) is 0. The van der Waals surface area contributed by atoms with E-state index in [9.17, 15) is 4.79 Å². The molecule has 0 aliphatic carbocycles. The van der Waals surface area contributed by atoms with Crippen molar-refractivity contribution in [1.82, 2.24) is 4.98 Å². The van der Waals surface area contributed by atoms with Crippen molar-refractivity contribution < 1.29 is 4.79 Å². The van der Waals surface area contributed by atoms with Crippen LogP contribution in [0, 0.1) is 6.92 Å². The normalized spacial score (nSPS) is 10.2. The van der Waals surface area contributed by atoms with Gasteiger partial charge in [-0.3, -0.25) is 4.79 Å². The summed E-state index contributed by atoms with van der Waals surface area (Å²) in [6.07, 6.45) is 1.42. The van der Waals surface area contributed by atoms with Crippen LogP contribution >= 0.6 is 23.2 Å². The summed E-state index contributed by atoms with van der Waals surface area (Å²) in [5, 5.41) is 3.61. The third-order valence-corrected chi connectivity index (χ3v) is 2.99. The monoisotopic (exact) mass is 280 g/mol. The van der Waals surface area contributed by atoms with Crippen molar-refractivity contribution in [2.24, 2.45) is 0 Å². The first-order valence-corrected chi connectivity index (χ1v) is 6.01. The van der Waals surface area contributed by atoms with E-state index in [1.807, 2.05) is 19.1 Å². The molecule has 2 aromatic rings. The van der Waals surface area contributed by atoms with Gasteiger partial charge in [-0.15, -0.1) is 0 Å². The van der Waals surface area contributed by atoms with E-state index in [4.69, 9.17) is 23.2 Å². The number of amides is 1. The summed E-state index contributed by atoms with van der Waals surface area (Å²) in [4.78, 5) is 15.8. The lowest BCUT2D eigenvalue weighted by Gasteiger charge is -2.09. The molecule has 1 aromatic heterocycles. The van der Waals surface area contributed by atoms with Crippen molar-refractivity contribution in [2.45, 2.75) is 6.92 Å². The van der Waals surface area contributed by atoms with Gasteiger partial charge < -0.3 is 5.32 Å². The molecule has 0 aliphatic rings. The fraction of sp³-hybridized carbons (Fsp3) is 0.0769. The van der Waals surface area contributed by atoms with Crippen LogP contribution in [0.25, 0.3) is 0 Å². The maximum atomic E-state index is 12.0. The molecular weight excluding hydrogens is 271 g/mol. The van der Waals surface area contributed by atoms with Crippen molar-refractivity contribution in [2.75, 3.05) is 5.32 Å². The van der Waals surface area contributed by atoms with E-state index >= 15 is 0 Å². The largest absolute Gasteiger partial charge is 0.320 e. The van der Waals surface area contributed by atoms with E-state index in [2.05, 4.69) is 10.3 Å². The molecule has 18 heavy (non-hydrogen) atoms. The first kappa shape index (κ1) is 12.9. The number of carbonyl (C=O) groups is 1. The molecule has 1 aromatic carbocycles. The number of carbonyl (C=O) groups excluding carboxylic acids is 1. The third kappa shape index (κ3) is 2.81. The number of hydrogen-bond donors (Lipinski definition) is 1. The number of aromatic nitrogens is 1. The highest BCUT2D eigenvalue weighted by Gasteiger charge is 2.10. The maximum Gasteiger partial charge on any atom is 0.257 e. The number of halogens is 2. The second-order valence-corrected chi connectivity index (χ2v) is 4.55. The minimum Gasteiger partial charge on any atom is -0.320 e. The zero-order chi connectivity index (χ0) is 13.1. The van der Waals surface area contributed by atoms with Crippen LogP contribution in [0.2, 0.25) is 10.2 Å². The minimum atomic E-state index is -0.268. The van der Waals surface area contributed by atoms with Gasteiger partial charge in [-0.2, -0.15) is 0 Å². The Labute approximate surface area is 115 Å². The second-order valence-electron chi connectivity index (χ2n) is 3.76. The lowest BCUT2D eigenvalue weighted by Crippen LogP contribution is -2.13. The molecule has 92 valence electrons. The van der Waals surface area contributed by atoms with E-state index in [1.165, 1.54) is 6.20 Å². The number of para-hydroxylation sites is 1. The zero-order valence-electron chi connectivity index (χ0n) is 9.58. The Morgan fingerprint density at radius 1 is 1.22 bits per heavy atom. The van der Waals surface area contributed by atoms with E-state index in [0.29, 0.717) is 21.4 Å². The molecule has 1 heterocycles. The van der Waals surface area contributed by atoms with Gasteiger partial charge in [-0.1, -0.05) is 35.3 Å². The van der Waals surface area contributed by atoms with Crippen molar-refractivity contribution >= 4 is 34.8 Å². The third-order valence-electron chi connectivity index (χ3n) is 2.45. The summed E-state index contributed by atoms with van der Waals surface area (Å²) in [5.41, 5.74) is 1.94. The van der Waals surface area contributed by atoms with Crippen LogP contribution in [0.3, 0.4) is 0 Å². The first-order chi connectivity index (χ1) is 8.58. The number of anilines is 1. The van der Waals surface area contributed by atoms with E-state index in [-0.39, 0.29) is 5.91 Å². The van der Waals surface area contributed by atoms with Gasteiger partial charge in [0, 0.05) is 6.20 Å². The Morgan fingerprint density at radius 2 is 2.00 bits per heavy atom. The smallest absolute Gasteiger partial charge is 0.257 e. The molecule has 5 heteroatoms. The van der Waals surface area contributed by atoms with Crippen LogP contribution in [0.15, 0.2) is 36.5 Å². The lowest BCUT2D eigenvalue weighted by atomic mass is 10.2. The summed E-state index contributed by atoms with van der Waals surface area (Å²) in [6, 6.07) is 8.61. The minimum absolute atomic E-state index is 0.268. The quantitative estimate of drug-likeness (QED) is 0.847. The Kier molecular flexibility index (Phi) is 3.84. The van der Waals surface area contributed by atoms with Gasteiger partial charge in [0.25, 0.3) is 5.91 Å². The average molecular weight is 281 g/mol. The molecule has 0 radical (unpaired) electrons. The van der Waals surface area contributed by atoms with Crippen LogP contribution in [0.1, 0.15) is 15.9 Å². The first-order valence-electron chi connectivity index (χ1n) is 5.26. The number of nitrogens with one attached hydrogen (secondary N) is 1. The van der Waals surface area contributed by atoms with Gasteiger partial charge in [0.2, 0.25) is 0 Å². The number of hydrogen-bond acceptors (Lipinski definition) is 2. The van der Waals surface area contributed by atoms with Crippen LogP contribution in [0.4, 0.5) is 5.69 Å². The molecule has 0 unspecified atom stereocenters. The summed E-state index contributed by atoms with van der Waals surface area (Å²) in [6.45, 7) is 1.88. The fourth-order valence-electron chi connectivity index (χ4n) is 1.49. The van der Waals surface area contributed by atoms with Gasteiger partial charge in [-0.05, 0) is 30.7 Å². The fourth-order valence-corrected chi connectivity index (χ4v) is 1.87. The Bertz CT molecular complexity index is 562. The Morgan fingerprint density at radius 3 is 2.61 bits per heavy atom. The average Bonchev–Trinajstić information content (AvgIpc) is 2.34. The van der Waals surface area contributed by atoms with Gasteiger partial charge in [-0.25, -0.2) is 4.98 Å². The second kappa shape index (κ2) is 5.38. The number of aryl methyl sites for hydroxylation is 1. The van der Waals surface area contributed by atoms with Crippen molar-refractivity contribution in [3.8, 4) is 0 Å². The van der Waals surface area contributed by atoms with Crippen LogP contribution in [-0.4, -0.2) is 10.9 Å². The van der Waals surface area contributed by atoms with E-state index in [0.717, 1.165) is 5.56 Å².